The average molecular weight is 950 g/mol. The lowest BCUT2D eigenvalue weighted by Gasteiger charge is -2.36. The third kappa shape index (κ3) is 9.59. The smallest absolute Gasteiger partial charge is 0.390 e. The minimum atomic E-state index is -5.44. The zero-order valence-corrected chi connectivity index (χ0v) is 34.6. The molecule has 3 saturated heterocycles. The summed E-state index contributed by atoms with van der Waals surface area (Å²) in [5.41, 5.74) is 13.6. The molecule has 5 aromatic rings. The fraction of sp³-hybridized carbons (Fsp3) is 0.517. The normalized spacial score (nSPS) is 28.9. The van der Waals surface area contributed by atoms with E-state index in [9.17, 15) is 52.9 Å². The van der Waals surface area contributed by atoms with Crippen molar-refractivity contribution in [2.24, 2.45) is 0 Å². The van der Waals surface area contributed by atoms with Gasteiger partial charge in [0.25, 0.3) is 5.56 Å². The molecule has 13 N–H and O–H groups in total. The molecule has 10 unspecified atom stereocenters. The van der Waals surface area contributed by atoms with E-state index >= 15 is 0 Å². The highest BCUT2D eigenvalue weighted by Gasteiger charge is 2.57. The minimum absolute atomic E-state index is 0.00110. The molecule has 0 amide bonds. The summed E-state index contributed by atoms with van der Waals surface area (Å²) >= 11 is 0. The van der Waals surface area contributed by atoms with Gasteiger partial charge in [-0.25, -0.2) is 38.4 Å². The molecule has 8 rings (SSSR count). The molecule has 0 bridgehead atoms. The molecule has 3 aliphatic rings. The first-order chi connectivity index (χ1) is 29.6. The van der Waals surface area contributed by atoms with Gasteiger partial charge in [-0.05, 0) is 6.07 Å². The Morgan fingerprint density at radius 2 is 1.51 bits per heavy atom. The molecular formula is C29H38N13O18P3. The lowest BCUT2D eigenvalue weighted by molar-refractivity contribution is -0.155. The maximum atomic E-state index is 13.9. The monoisotopic (exact) mass is 949 g/mol. The van der Waals surface area contributed by atoms with Crippen LogP contribution >= 0.6 is 23.5 Å². The first kappa shape index (κ1) is 44.9. The van der Waals surface area contributed by atoms with Gasteiger partial charge < -0.3 is 61.0 Å². The number of imidazole rings is 2. The molecule has 34 heteroatoms. The molecular weight excluding hydrogens is 911 g/mol. The molecule has 63 heavy (non-hydrogen) atoms. The van der Waals surface area contributed by atoms with Crippen molar-refractivity contribution in [3.8, 4) is 0 Å². The lowest BCUT2D eigenvalue weighted by atomic mass is 9.89. The highest BCUT2D eigenvalue weighted by atomic mass is 31.2. The van der Waals surface area contributed by atoms with E-state index in [-0.39, 0.29) is 46.3 Å². The van der Waals surface area contributed by atoms with Crippen LogP contribution in [0, 0.1) is 0 Å². The van der Waals surface area contributed by atoms with Gasteiger partial charge in [-0.3, -0.25) is 41.6 Å². The van der Waals surface area contributed by atoms with E-state index in [1.165, 1.54) is 34.1 Å². The molecule has 10 atom stereocenters. The van der Waals surface area contributed by atoms with Crippen LogP contribution in [0.15, 0.2) is 40.8 Å². The second-order valence-corrected chi connectivity index (χ2v) is 18.4. The van der Waals surface area contributed by atoms with Gasteiger partial charge in [-0.15, -0.1) is 0 Å². The van der Waals surface area contributed by atoms with Crippen molar-refractivity contribution in [2.45, 2.75) is 80.5 Å². The summed E-state index contributed by atoms with van der Waals surface area (Å²) in [6.45, 7) is -2.00. The van der Waals surface area contributed by atoms with Crippen LogP contribution in [0.25, 0.3) is 22.3 Å². The molecule has 0 saturated carbocycles. The first-order valence-corrected chi connectivity index (χ1v) is 22.9. The number of anilines is 3. The minimum Gasteiger partial charge on any atom is -0.390 e. The second-order valence-electron chi connectivity index (χ2n) is 14.5. The van der Waals surface area contributed by atoms with Crippen molar-refractivity contribution in [1.82, 2.24) is 48.6 Å². The van der Waals surface area contributed by atoms with Crippen molar-refractivity contribution < 1.29 is 75.6 Å². The van der Waals surface area contributed by atoms with Crippen LogP contribution in [0.3, 0.4) is 0 Å². The predicted octanol–water partition coefficient (Wildman–Crippen LogP) is -1.96. The first-order valence-electron chi connectivity index (χ1n) is 18.3. The van der Waals surface area contributed by atoms with E-state index in [2.05, 4.69) is 39.4 Å². The number of nitrogens with one attached hydrogen (secondary N) is 1. The Morgan fingerprint density at radius 1 is 0.810 bits per heavy atom. The second kappa shape index (κ2) is 16.7. The summed E-state index contributed by atoms with van der Waals surface area (Å²) in [7, 11) is -16.0. The van der Waals surface area contributed by atoms with Crippen LogP contribution in [0.2, 0.25) is 0 Å². The quantitative estimate of drug-likeness (QED) is 0.0509. The van der Waals surface area contributed by atoms with E-state index < -0.39 is 122 Å². The van der Waals surface area contributed by atoms with Crippen molar-refractivity contribution in [1.29, 1.82) is 0 Å². The highest BCUT2D eigenvalue weighted by Crippen LogP contribution is 2.55. The van der Waals surface area contributed by atoms with Crippen LogP contribution in [-0.4, -0.2) is 127 Å². The number of nitrogens with two attached hydrogens (primary N) is 3. The van der Waals surface area contributed by atoms with Crippen molar-refractivity contribution in [3.63, 3.8) is 0 Å². The number of aliphatic hydroxyl groups excluding tert-OH is 1. The molecule has 342 valence electrons. The van der Waals surface area contributed by atoms with Crippen LogP contribution in [-0.2, 0) is 46.0 Å². The van der Waals surface area contributed by atoms with Gasteiger partial charge in [0, 0.05) is 31.9 Å². The third-order valence-corrected chi connectivity index (χ3v) is 12.3. The van der Waals surface area contributed by atoms with E-state index in [0.717, 1.165) is 10.9 Å². The summed E-state index contributed by atoms with van der Waals surface area (Å²) in [5.74, 6) is -0.400. The Kier molecular flexibility index (Phi) is 11.9. The van der Waals surface area contributed by atoms with Gasteiger partial charge in [0.15, 0.2) is 22.6 Å². The van der Waals surface area contributed by atoms with Crippen molar-refractivity contribution >= 4 is 63.4 Å². The number of fused-ring (bicyclic) bond motifs is 2. The summed E-state index contributed by atoms with van der Waals surface area (Å²) < 4.78 is 80.8. The van der Waals surface area contributed by atoms with Gasteiger partial charge in [0.1, 0.15) is 60.3 Å². The van der Waals surface area contributed by atoms with Crippen LogP contribution in [0.1, 0.15) is 44.4 Å². The maximum absolute atomic E-state index is 13.9. The van der Waals surface area contributed by atoms with Gasteiger partial charge >= 0.3 is 29.2 Å². The number of H-pyrrole nitrogens is 1. The van der Waals surface area contributed by atoms with Crippen LogP contribution in [0.4, 0.5) is 17.6 Å². The number of aromatic amines is 1. The molecule has 8 heterocycles. The molecule has 3 aliphatic heterocycles. The van der Waals surface area contributed by atoms with E-state index in [0.29, 0.717) is 0 Å². The van der Waals surface area contributed by atoms with E-state index in [1.807, 2.05) is 0 Å². The molecule has 3 fully saturated rings. The lowest BCUT2D eigenvalue weighted by Crippen LogP contribution is -2.49. The number of ether oxygens (including phenoxy) is 3. The van der Waals surface area contributed by atoms with Crippen LogP contribution in [0.5, 0.6) is 0 Å². The number of aromatic nitrogens is 10. The van der Waals surface area contributed by atoms with E-state index in [1.54, 1.807) is 0 Å². The van der Waals surface area contributed by atoms with Gasteiger partial charge in [0.05, 0.1) is 38.1 Å². The number of phosphoric ester groups is 3. The Hall–Kier alpha value is -4.65. The molecule has 0 radical (unpaired) electrons. The number of rotatable bonds is 15. The van der Waals surface area contributed by atoms with Gasteiger partial charge in [0.2, 0.25) is 5.95 Å². The summed E-state index contributed by atoms with van der Waals surface area (Å²) in [5, 5.41) is 11.4. The molecule has 0 aromatic carbocycles. The van der Waals surface area contributed by atoms with Crippen molar-refractivity contribution in [2.75, 3.05) is 30.4 Å². The topological polar surface area (TPSA) is 457 Å². The molecule has 0 aliphatic carbocycles. The standard InChI is InChI=1S/C29H38N13O18P3/c30-17-1-2-40(28(45)37-17)19-4-13(15(57-19)7-54-61(46,47)48)59-63(52,53)55-8-29(6-14-12(43)3-18(56-14)41-11-36-22-25(41)38-27(32)39-26(22)44)16(60-62(49,50)51)5-20(58-29)42-10-35-21-23(31)33-9-34-24(21)42/h1-2,9-16,18-20,43H,3-8H2,(H,52,53)(H2,30,37,45)(H2,31,33,34)(H2,46,47,48)(H2,49,50,51)(H3,32,38,39,44). The Labute approximate surface area is 350 Å². The number of nitrogens with zero attached hydrogens (tertiary/aromatic N) is 9. The van der Waals surface area contributed by atoms with Crippen LogP contribution < -0.4 is 28.5 Å². The molecule has 5 aromatic heterocycles. The van der Waals surface area contributed by atoms with Gasteiger partial charge in [-0.1, -0.05) is 0 Å². The number of phosphoric acid groups is 3. The Morgan fingerprint density at radius 3 is 2.22 bits per heavy atom. The number of nitrogen functional groups attached to an aromatic ring is 3. The van der Waals surface area contributed by atoms with E-state index in [4.69, 9.17) is 45.0 Å². The fourth-order valence-corrected chi connectivity index (χ4v) is 9.58. The number of hydrogen-bond acceptors (Lipinski definition) is 22. The number of aliphatic hydroxyl groups is 1. The van der Waals surface area contributed by atoms with Crippen molar-refractivity contribution in [3.05, 3.63) is 52.1 Å². The summed E-state index contributed by atoms with van der Waals surface area (Å²) in [6.07, 6.45) is -8.03. The summed E-state index contributed by atoms with van der Waals surface area (Å²) in [6, 6.07) is 1.25. The third-order valence-electron chi connectivity index (χ3n) is 10.3. The maximum Gasteiger partial charge on any atom is 0.472 e. The average Bonchev–Trinajstić information content (AvgIpc) is 4.01. The largest absolute Gasteiger partial charge is 0.472 e. The molecule has 0 spiro atoms. The van der Waals surface area contributed by atoms with Gasteiger partial charge in [-0.2, -0.15) is 9.97 Å². The molecule has 31 nitrogen and oxygen atoms in total. The predicted molar refractivity (Wildman–Crippen MR) is 206 cm³/mol. The Bertz CT molecular complexity index is 2800. The summed E-state index contributed by atoms with van der Waals surface area (Å²) in [4.78, 5) is 102. The fourth-order valence-electron chi connectivity index (χ4n) is 7.62. The highest BCUT2D eigenvalue weighted by molar-refractivity contribution is 7.47. The Balaban J connectivity index is 1.11. The SMILES string of the molecule is Nc1ccn(C2CC(OP(=O)(O)OCC3(CC4OC(n5cnc6c(=O)[nH]c(N)nc65)CC4O)OC(n4cnc5c(N)ncnc54)CC3OP(=O)(O)O)C(COP(=O)(O)O)O2)c(=O)n1. The zero-order chi connectivity index (χ0) is 45.2. The number of hydrogen-bond donors (Lipinski definition) is 10. The zero-order valence-electron chi connectivity index (χ0n) is 31.9.